The van der Waals surface area contributed by atoms with Crippen molar-refractivity contribution in [3.63, 3.8) is 0 Å². The summed E-state index contributed by atoms with van der Waals surface area (Å²) in [7, 11) is 0. The molecule has 0 atom stereocenters. The highest BCUT2D eigenvalue weighted by Crippen LogP contribution is 2.28. The van der Waals surface area contributed by atoms with Crippen LogP contribution in [0, 0.1) is 17.7 Å². The van der Waals surface area contributed by atoms with Gasteiger partial charge in [0.15, 0.2) is 0 Å². The van der Waals surface area contributed by atoms with Crippen LogP contribution in [0.4, 0.5) is 4.39 Å². The number of aliphatic hydroxyl groups excluding tert-OH is 1. The summed E-state index contributed by atoms with van der Waals surface area (Å²) in [6.45, 7) is -0.132. The highest BCUT2D eigenvalue weighted by atomic mass is 35.5. The van der Waals surface area contributed by atoms with Gasteiger partial charge in [-0.3, -0.25) is 0 Å². The third-order valence-corrected chi connectivity index (χ3v) is 3.20. The summed E-state index contributed by atoms with van der Waals surface area (Å²) in [5, 5.41) is 9.67. The molecule has 0 aliphatic heterocycles. The van der Waals surface area contributed by atoms with E-state index in [0.717, 1.165) is 0 Å². The molecule has 0 radical (unpaired) electrons. The Labute approximate surface area is 132 Å². The third kappa shape index (κ3) is 4.37. The first-order valence-corrected chi connectivity index (χ1v) is 6.82. The maximum absolute atomic E-state index is 13.2. The zero-order valence-corrected chi connectivity index (χ0v) is 12.4. The molecule has 0 saturated heterocycles. The minimum Gasteiger partial charge on any atom is -0.487 e. The number of rotatable bonds is 3. The Morgan fingerprint density at radius 3 is 2.71 bits per heavy atom. The molecule has 21 heavy (non-hydrogen) atoms. The quantitative estimate of drug-likeness (QED) is 0.863. The summed E-state index contributed by atoms with van der Waals surface area (Å²) in [4.78, 5) is 0. The van der Waals surface area contributed by atoms with Crippen LogP contribution in [0.2, 0.25) is 10.0 Å². The van der Waals surface area contributed by atoms with Crippen molar-refractivity contribution in [2.45, 2.75) is 6.61 Å². The van der Waals surface area contributed by atoms with Crippen LogP contribution in [-0.2, 0) is 6.61 Å². The third-order valence-electron chi connectivity index (χ3n) is 2.65. The monoisotopic (exact) mass is 324 g/mol. The molecule has 108 valence electrons. The predicted molar refractivity (Wildman–Crippen MR) is 81.2 cm³/mol. The van der Waals surface area contributed by atoms with Crippen molar-refractivity contribution in [2.75, 3.05) is 6.61 Å². The van der Waals surface area contributed by atoms with Gasteiger partial charge in [-0.25, -0.2) is 4.39 Å². The van der Waals surface area contributed by atoms with Gasteiger partial charge in [-0.2, -0.15) is 0 Å². The zero-order chi connectivity index (χ0) is 15.2. The molecule has 0 unspecified atom stereocenters. The van der Waals surface area contributed by atoms with Crippen LogP contribution in [-0.4, -0.2) is 11.7 Å². The van der Waals surface area contributed by atoms with Gasteiger partial charge >= 0.3 is 0 Å². The van der Waals surface area contributed by atoms with E-state index in [-0.39, 0.29) is 13.2 Å². The Morgan fingerprint density at radius 1 is 1.14 bits per heavy atom. The molecule has 0 aromatic heterocycles. The summed E-state index contributed by atoms with van der Waals surface area (Å²) >= 11 is 11.9. The van der Waals surface area contributed by atoms with Crippen LogP contribution >= 0.6 is 23.2 Å². The molecule has 0 spiro atoms. The second kappa shape index (κ2) is 7.33. The van der Waals surface area contributed by atoms with E-state index >= 15 is 0 Å². The Morgan fingerprint density at radius 2 is 1.95 bits per heavy atom. The lowest BCUT2D eigenvalue weighted by atomic mass is 10.1. The molecule has 2 rings (SSSR count). The second-order valence-corrected chi connectivity index (χ2v) is 4.97. The Bertz CT molecular complexity index is 705. The largest absolute Gasteiger partial charge is 0.487 e. The molecule has 0 aliphatic rings. The van der Waals surface area contributed by atoms with Crippen molar-refractivity contribution in [3.8, 4) is 17.6 Å². The normalized spacial score (nSPS) is 9.90. The molecule has 2 nitrogen and oxygen atoms in total. The number of hydrogen-bond donors (Lipinski definition) is 1. The van der Waals surface area contributed by atoms with Crippen molar-refractivity contribution >= 4 is 23.2 Å². The van der Waals surface area contributed by atoms with Crippen molar-refractivity contribution in [1.82, 2.24) is 0 Å². The summed E-state index contributed by atoms with van der Waals surface area (Å²) in [5.41, 5.74) is 1.15. The fourth-order valence-corrected chi connectivity index (χ4v) is 2.00. The molecular formula is C16H11Cl2FO2. The van der Waals surface area contributed by atoms with Crippen LogP contribution in [0.3, 0.4) is 0 Å². The lowest BCUT2D eigenvalue weighted by Gasteiger charge is -2.10. The SMILES string of the molecule is OCC#Cc1cc(F)ccc1COc1cc(Cl)ccc1Cl. The second-order valence-electron chi connectivity index (χ2n) is 4.12. The van der Waals surface area contributed by atoms with Gasteiger partial charge in [-0.15, -0.1) is 0 Å². The first-order valence-electron chi connectivity index (χ1n) is 6.06. The molecule has 0 bridgehead atoms. The van der Waals surface area contributed by atoms with E-state index in [1.54, 1.807) is 24.3 Å². The topological polar surface area (TPSA) is 29.5 Å². The number of aliphatic hydroxyl groups is 1. The van der Waals surface area contributed by atoms with Gasteiger partial charge < -0.3 is 9.84 Å². The predicted octanol–water partition coefficient (Wildman–Crippen LogP) is 4.06. The van der Waals surface area contributed by atoms with Crippen LogP contribution in [0.5, 0.6) is 5.75 Å². The average molecular weight is 325 g/mol. The standard InChI is InChI=1S/C16H11Cl2FO2/c17-13-4-6-15(18)16(9-13)21-10-12-3-5-14(19)8-11(12)2-1-7-20/h3-6,8-9,20H,7,10H2. The van der Waals surface area contributed by atoms with Crippen LogP contribution in [0.1, 0.15) is 11.1 Å². The molecule has 1 N–H and O–H groups in total. The summed E-state index contributed by atoms with van der Waals surface area (Å²) in [6.07, 6.45) is 0. The van der Waals surface area contributed by atoms with Crippen LogP contribution in [0.25, 0.3) is 0 Å². The lowest BCUT2D eigenvalue weighted by molar-refractivity contribution is 0.306. The van der Waals surface area contributed by atoms with Crippen LogP contribution < -0.4 is 4.74 Å². The fourth-order valence-electron chi connectivity index (χ4n) is 1.67. The average Bonchev–Trinajstić information content (AvgIpc) is 2.47. The lowest BCUT2D eigenvalue weighted by Crippen LogP contribution is -1.99. The maximum atomic E-state index is 13.2. The van der Waals surface area contributed by atoms with Gasteiger partial charge in [0.2, 0.25) is 0 Å². The van der Waals surface area contributed by atoms with Gasteiger partial charge in [0.05, 0.1) is 5.02 Å². The summed E-state index contributed by atoms with van der Waals surface area (Å²) in [5.74, 6) is 5.21. The number of benzene rings is 2. The fraction of sp³-hybridized carbons (Fsp3) is 0.125. The maximum Gasteiger partial charge on any atom is 0.139 e. The first-order chi connectivity index (χ1) is 10.1. The first kappa shape index (κ1) is 15.7. The van der Waals surface area contributed by atoms with E-state index < -0.39 is 5.82 Å². The van der Waals surface area contributed by atoms with E-state index in [4.69, 9.17) is 33.0 Å². The Hall–Kier alpha value is -1.73. The molecule has 0 aliphatic carbocycles. The van der Waals surface area contributed by atoms with E-state index in [1.165, 1.54) is 12.1 Å². The number of halogens is 3. The number of ether oxygens (including phenoxy) is 1. The summed E-state index contributed by atoms with van der Waals surface area (Å²) < 4.78 is 18.8. The van der Waals surface area contributed by atoms with Crippen molar-refractivity contribution in [2.24, 2.45) is 0 Å². The highest BCUT2D eigenvalue weighted by Gasteiger charge is 2.06. The molecule has 0 fully saturated rings. The zero-order valence-electron chi connectivity index (χ0n) is 10.9. The van der Waals surface area contributed by atoms with E-state index in [1.807, 2.05) is 0 Å². The molecule has 0 heterocycles. The molecule has 2 aromatic rings. The van der Waals surface area contributed by atoms with E-state index in [9.17, 15) is 4.39 Å². The molecule has 5 heteroatoms. The molecule has 2 aromatic carbocycles. The van der Waals surface area contributed by atoms with E-state index in [0.29, 0.717) is 26.9 Å². The van der Waals surface area contributed by atoms with Gasteiger partial charge in [-0.1, -0.05) is 41.1 Å². The van der Waals surface area contributed by atoms with Crippen molar-refractivity contribution < 1.29 is 14.2 Å². The number of hydrogen-bond acceptors (Lipinski definition) is 2. The van der Waals surface area contributed by atoms with Crippen molar-refractivity contribution in [3.05, 3.63) is 63.4 Å². The Kier molecular flexibility index (Phi) is 5.46. The molecule has 0 amide bonds. The Balaban J connectivity index is 2.21. The van der Waals surface area contributed by atoms with Crippen LogP contribution in [0.15, 0.2) is 36.4 Å². The van der Waals surface area contributed by atoms with Crippen molar-refractivity contribution in [1.29, 1.82) is 0 Å². The smallest absolute Gasteiger partial charge is 0.139 e. The van der Waals surface area contributed by atoms with Gasteiger partial charge in [0, 0.05) is 22.2 Å². The molecular weight excluding hydrogens is 314 g/mol. The van der Waals surface area contributed by atoms with E-state index in [2.05, 4.69) is 11.8 Å². The molecule has 0 saturated carbocycles. The van der Waals surface area contributed by atoms with Gasteiger partial charge in [0.25, 0.3) is 0 Å². The summed E-state index contributed by atoms with van der Waals surface area (Å²) in [6, 6.07) is 9.09. The minimum absolute atomic E-state index is 0.162. The van der Waals surface area contributed by atoms with Gasteiger partial charge in [-0.05, 0) is 24.3 Å². The van der Waals surface area contributed by atoms with Gasteiger partial charge in [0.1, 0.15) is 24.8 Å². The highest BCUT2D eigenvalue weighted by molar-refractivity contribution is 6.34. The minimum atomic E-state index is -0.401.